The highest BCUT2D eigenvalue weighted by molar-refractivity contribution is 5.94. The Morgan fingerprint density at radius 1 is 1.11 bits per heavy atom. The lowest BCUT2D eigenvalue weighted by molar-refractivity contribution is 0.0940. The van der Waals surface area contributed by atoms with Crippen LogP contribution in [0.2, 0.25) is 0 Å². The molecule has 1 N–H and O–H groups in total. The van der Waals surface area contributed by atoms with Crippen molar-refractivity contribution in [2.24, 2.45) is 5.92 Å². The molecule has 2 aromatic rings. The third kappa shape index (κ3) is 5.59. The number of hydrogen-bond donors (Lipinski definition) is 1. The molecule has 1 amide bonds. The van der Waals surface area contributed by atoms with E-state index >= 15 is 0 Å². The molecule has 1 aliphatic heterocycles. The van der Waals surface area contributed by atoms with E-state index in [4.69, 9.17) is 4.74 Å². The minimum atomic E-state index is -0.0572. The van der Waals surface area contributed by atoms with Crippen LogP contribution < -0.4 is 10.1 Å². The quantitative estimate of drug-likeness (QED) is 0.750. The Hall–Kier alpha value is -2.33. The number of nitrogens with zero attached hydrogens (tertiary/aromatic N) is 1. The first-order chi connectivity index (χ1) is 13.5. The normalized spacial score (nSPS) is 16.5. The predicted octanol–water partition coefficient (Wildman–Crippen LogP) is 4.81. The molecule has 1 atom stereocenters. The first-order valence-electron chi connectivity index (χ1n) is 10.4. The summed E-state index contributed by atoms with van der Waals surface area (Å²) < 4.78 is 5.47. The first-order valence-corrected chi connectivity index (χ1v) is 10.4. The maximum absolute atomic E-state index is 12.6. The van der Waals surface area contributed by atoms with Crippen LogP contribution in [0.15, 0.2) is 48.5 Å². The molecular weight excluding hydrogens is 348 g/mol. The zero-order chi connectivity index (χ0) is 19.9. The lowest BCUT2D eigenvalue weighted by atomic mass is 9.99. The molecular formula is C24H32N2O2. The van der Waals surface area contributed by atoms with E-state index in [-0.39, 0.29) is 11.9 Å². The molecule has 4 heteroatoms. The molecule has 0 bridgehead atoms. The third-order valence-corrected chi connectivity index (χ3v) is 5.54. The number of amides is 1. The summed E-state index contributed by atoms with van der Waals surface area (Å²) in [5.41, 5.74) is 3.03. The van der Waals surface area contributed by atoms with Crippen molar-refractivity contribution in [3.63, 3.8) is 0 Å². The average molecular weight is 381 g/mol. The van der Waals surface area contributed by atoms with E-state index in [1.54, 1.807) is 0 Å². The second kappa shape index (κ2) is 9.74. The number of ether oxygens (including phenoxy) is 1. The minimum absolute atomic E-state index is 0.0419. The van der Waals surface area contributed by atoms with Gasteiger partial charge in [-0.2, -0.15) is 0 Å². The fourth-order valence-corrected chi connectivity index (χ4v) is 3.62. The Kier molecular flexibility index (Phi) is 7.10. The molecule has 4 nitrogen and oxygen atoms in total. The summed E-state index contributed by atoms with van der Waals surface area (Å²) in [4.78, 5) is 15.1. The Balaban J connectivity index is 1.53. The molecule has 0 spiro atoms. The van der Waals surface area contributed by atoms with Gasteiger partial charge in [-0.25, -0.2) is 0 Å². The van der Waals surface area contributed by atoms with Gasteiger partial charge in [0.05, 0.1) is 12.6 Å². The lowest BCUT2D eigenvalue weighted by Gasteiger charge is -2.30. The standard InChI is InChI=1S/C24H32N2O2/c1-4-28-23-11-9-21(10-12-23)19(3)25-24(27)22-7-5-20(6-8-22)17-26-15-13-18(2)14-16-26/h5-12,18-19H,4,13-17H2,1-3H3,(H,25,27)/t19-/m1/s1. The summed E-state index contributed by atoms with van der Waals surface area (Å²) in [5, 5.41) is 3.08. The van der Waals surface area contributed by atoms with Crippen molar-refractivity contribution in [2.75, 3.05) is 19.7 Å². The van der Waals surface area contributed by atoms with Crippen LogP contribution >= 0.6 is 0 Å². The topological polar surface area (TPSA) is 41.6 Å². The van der Waals surface area contributed by atoms with Crippen molar-refractivity contribution in [3.8, 4) is 5.75 Å². The van der Waals surface area contributed by atoms with Crippen LogP contribution in [0.5, 0.6) is 5.75 Å². The van der Waals surface area contributed by atoms with Gasteiger partial charge < -0.3 is 10.1 Å². The molecule has 0 unspecified atom stereocenters. The van der Waals surface area contributed by atoms with Crippen molar-refractivity contribution < 1.29 is 9.53 Å². The number of piperidine rings is 1. The molecule has 0 aliphatic carbocycles. The maximum atomic E-state index is 12.6. The third-order valence-electron chi connectivity index (χ3n) is 5.54. The zero-order valence-electron chi connectivity index (χ0n) is 17.3. The van der Waals surface area contributed by atoms with Crippen molar-refractivity contribution in [1.82, 2.24) is 10.2 Å². The first kappa shape index (κ1) is 20.4. The maximum Gasteiger partial charge on any atom is 0.251 e. The summed E-state index contributed by atoms with van der Waals surface area (Å²) in [6.07, 6.45) is 2.56. The number of nitrogens with one attached hydrogen (secondary N) is 1. The summed E-state index contributed by atoms with van der Waals surface area (Å²) >= 11 is 0. The van der Waals surface area contributed by atoms with Gasteiger partial charge in [0.1, 0.15) is 5.75 Å². The fourth-order valence-electron chi connectivity index (χ4n) is 3.62. The zero-order valence-corrected chi connectivity index (χ0v) is 17.3. The number of carbonyl (C=O) groups excluding carboxylic acids is 1. The fraction of sp³-hybridized carbons (Fsp3) is 0.458. The van der Waals surface area contributed by atoms with Crippen molar-refractivity contribution in [3.05, 3.63) is 65.2 Å². The van der Waals surface area contributed by atoms with Gasteiger partial charge in [0.25, 0.3) is 5.91 Å². The summed E-state index contributed by atoms with van der Waals surface area (Å²) in [6, 6.07) is 15.8. The number of likely N-dealkylation sites (tertiary alicyclic amines) is 1. The number of benzene rings is 2. The second-order valence-electron chi connectivity index (χ2n) is 7.85. The van der Waals surface area contributed by atoms with Gasteiger partial charge in [0.15, 0.2) is 0 Å². The molecule has 0 radical (unpaired) electrons. The second-order valence-corrected chi connectivity index (χ2v) is 7.85. The predicted molar refractivity (Wildman–Crippen MR) is 114 cm³/mol. The molecule has 0 saturated carbocycles. The van der Waals surface area contributed by atoms with Gasteiger partial charge in [-0.1, -0.05) is 31.2 Å². The highest BCUT2D eigenvalue weighted by atomic mass is 16.5. The Morgan fingerprint density at radius 2 is 1.75 bits per heavy atom. The number of rotatable bonds is 7. The molecule has 1 heterocycles. The van der Waals surface area contributed by atoms with E-state index in [1.165, 1.54) is 31.5 Å². The van der Waals surface area contributed by atoms with Gasteiger partial charge in [-0.15, -0.1) is 0 Å². The SMILES string of the molecule is CCOc1ccc([C@@H](C)NC(=O)c2ccc(CN3CCC(C)CC3)cc2)cc1. The molecule has 0 aromatic heterocycles. The van der Waals surface area contributed by atoms with Crippen LogP contribution in [-0.2, 0) is 6.54 Å². The van der Waals surface area contributed by atoms with Crippen molar-refractivity contribution in [1.29, 1.82) is 0 Å². The molecule has 2 aromatic carbocycles. The summed E-state index contributed by atoms with van der Waals surface area (Å²) in [6.45, 7) is 10.3. The minimum Gasteiger partial charge on any atom is -0.494 e. The van der Waals surface area contributed by atoms with Crippen LogP contribution in [0.3, 0.4) is 0 Å². The van der Waals surface area contributed by atoms with Crippen molar-refractivity contribution >= 4 is 5.91 Å². The van der Waals surface area contributed by atoms with Gasteiger partial charge in [-0.3, -0.25) is 9.69 Å². The van der Waals surface area contributed by atoms with Crippen molar-refractivity contribution in [2.45, 2.75) is 46.2 Å². The summed E-state index contributed by atoms with van der Waals surface area (Å²) in [7, 11) is 0. The molecule has 28 heavy (non-hydrogen) atoms. The van der Waals surface area contributed by atoms with Crippen LogP contribution in [0, 0.1) is 5.92 Å². The molecule has 1 saturated heterocycles. The Labute approximate surface area is 168 Å². The highest BCUT2D eigenvalue weighted by Crippen LogP contribution is 2.20. The monoisotopic (exact) mass is 380 g/mol. The Bertz CT molecular complexity index is 747. The van der Waals surface area contributed by atoms with E-state index in [0.29, 0.717) is 12.2 Å². The Morgan fingerprint density at radius 3 is 2.36 bits per heavy atom. The van der Waals surface area contributed by atoms with E-state index in [1.807, 2.05) is 50.2 Å². The van der Waals surface area contributed by atoms with Gasteiger partial charge >= 0.3 is 0 Å². The van der Waals surface area contributed by atoms with E-state index in [0.717, 1.165) is 23.8 Å². The smallest absolute Gasteiger partial charge is 0.251 e. The van der Waals surface area contributed by atoms with E-state index in [2.05, 4.69) is 29.3 Å². The molecule has 1 aliphatic rings. The van der Waals surface area contributed by atoms with Crippen LogP contribution in [0.4, 0.5) is 0 Å². The molecule has 3 rings (SSSR count). The van der Waals surface area contributed by atoms with Crippen LogP contribution in [0.25, 0.3) is 0 Å². The number of carbonyl (C=O) groups is 1. The van der Waals surface area contributed by atoms with E-state index < -0.39 is 0 Å². The molecule has 150 valence electrons. The summed E-state index contributed by atoms with van der Waals surface area (Å²) in [5.74, 6) is 1.66. The van der Waals surface area contributed by atoms with Gasteiger partial charge in [-0.05, 0) is 81.1 Å². The number of hydrogen-bond acceptors (Lipinski definition) is 3. The highest BCUT2D eigenvalue weighted by Gasteiger charge is 2.16. The largest absolute Gasteiger partial charge is 0.494 e. The van der Waals surface area contributed by atoms with Crippen LogP contribution in [0.1, 0.15) is 61.1 Å². The van der Waals surface area contributed by atoms with E-state index in [9.17, 15) is 4.79 Å². The molecule has 1 fully saturated rings. The van der Waals surface area contributed by atoms with Gasteiger partial charge in [0.2, 0.25) is 0 Å². The lowest BCUT2D eigenvalue weighted by Crippen LogP contribution is -2.32. The average Bonchev–Trinajstić information content (AvgIpc) is 2.71. The van der Waals surface area contributed by atoms with Crippen LogP contribution in [-0.4, -0.2) is 30.5 Å². The van der Waals surface area contributed by atoms with Gasteiger partial charge in [0, 0.05) is 12.1 Å².